The van der Waals surface area contributed by atoms with Gasteiger partial charge in [0, 0.05) is 12.4 Å². The molecule has 94 valence electrons. The third kappa shape index (κ3) is 2.68. The van der Waals surface area contributed by atoms with Gasteiger partial charge in [-0.15, -0.1) is 0 Å². The zero-order chi connectivity index (χ0) is 13.0. The quantitative estimate of drug-likeness (QED) is 0.869. The Morgan fingerprint density at radius 2 is 2.33 bits per heavy atom. The standard InChI is InChI=1S/C13H15N3O2/c1-10-4-5-12(18-2)11(8-10)15-13(17)16-7-3-6-14-9-16/h3-8H,9H2,1-2H3,(H,15,17). The van der Waals surface area contributed by atoms with Crippen LogP contribution in [0.1, 0.15) is 5.56 Å². The monoisotopic (exact) mass is 245 g/mol. The SMILES string of the molecule is COc1ccc(C)cc1NC(=O)N1C=CC=NC1. The van der Waals surface area contributed by atoms with Crippen LogP contribution < -0.4 is 10.1 Å². The summed E-state index contributed by atoms with van der Waals surface area (Å²) in [6, 6.07) is 5.40. The van der Waals surface area contributed by atoms with Crippen molar-refractivity contribution in [2.45, 2.75) is 6.92 Å². The molecule has 2 rings (SSSR count). The molecule has 0 saturated heterocycles. The van der Waals surface area contributed by atoms with Gasteiger partial charge in [-0.1, -0.05) is 6.07 Å². The Labute approximate surface area is 106 Å². The summed E-state index contributed by atoms with van der Waals surface area (Å²) < 4.78 is 5.21. The first-order chi connectivity index (χ1) is 8.70. The number of hydrogen-bond acceptors (Lipinski definition) is 3. The molecular weight excluding hydrogens is 230 g/mol. The molecule has 1 aromatic carbocycles. The summed E-state index contributed by atoms with van der Waals surface area (Å²) in [7, 11) is 1.57. The van der Waals surface area contributed by atoms with Crippen molar-refractivity contribution in [3.8, 4) is 5.75 Å². The van der Waals surface area contributed by atoms with Crippen molar-refractivity contribution in [2.75, 3.05) is 19.1 Å². The number of nitrogens with one attached hydrogen (secondary N) is 1. The first kappa shape index (κ1) is 12.2. The van der Waals surface area contributed by atoms with Gasteiger partial charge in [0.2, 0.25) is 0 Å². The molecule has 0 aromatic heterocycles. The maximum Gasteiger partial charge on any atom is 0.327 e. The number of nitrogens with zero attached hydrogens (tertiary/aromatic N) is 2. The van der Waals surface area contributed by atoms with Gasteiger partial charge in [0.05, 0.1) is 12.8 Å². The van der Waals surface area contributed by atoms with E-state index < -0.39 is 0 Å². The highest BCUT2D eigenvalue weighted by molar-refractivity contribution is 5.92. The molecule has 0 spiro atoms. The van der Waals surface area contributed by atoms with Crippen molar-refractivity contribution < 1.29 is 9.53 Å². The second-order valence-corrected chi connectivity index (χ2v) is 3.92. The predicted molar refractivity (Wildman–Crippen MR) is 71.1 cm³/mol. The Morgan fingerprint density at radius 1 is 1.50 bits per heavy atom. The van der Waals surface area contributed by atoms with Crippen LogP contribution >= 0.6 is 0 Å². The van der Waals surface area contributed by atoms with Crippen molar-refractivity contribution in [3.05, 3.63) is 36.0 Å². The van der Waals surface area contributed by atoms with E-state index in [2.05, 4.69) is 10.3 Å². The van der Waals surface area contributed by atoms with Crippen LogP contribution in [-0.2, 0) is 0 Å². The molecule has 0 unspecified atom stereocenters. The van der Waals surface area contributed by atoms with E-state index in [0.717, 1.165) is 5.56 Å². The first-order valence-electron chi connectivity index (χ1n) is 5.59. The fourth-order valence-electron chi connectivity index (χ4n) is 1.62. The van der Waals surface area contributed by atoms with Crippen LogP contribution in [0.15, 0.2) is 35.5 Å². The van der Waals surface area contributed by atoms with Crippen LogP contribution in [0.4, 0.5) is 10.5 Å². The molecule has 1 aromatic rings. The van der Waals surface area contributed by atoms with E-state index in [9.17, 15) is 4.79 Å². The topological polar surface area (TPSA) is 53.9 Å². The predicted octanol–water partition coefficient (Wildman–Crippen LogP) is 2.39. The van der Waals surface area contributed by atoms with E-state index in [1.54, 1.807) is 25.6 Å². The Hall–Kier alpha value is -2.30. The fourth-order valence-corrected chi connectivity index (χ4v) is 1.62. The Balaban J connectivity index is 2.13. The first-order valence-corrected chi connectivity index (χ1v) is 5.59. The number of amides is 2. The third-order valence-electron chi connectivity index (χ3n) is 2.55. The number of carbonyl (C=O) groups is 1. The van der Waals surface area contributed by atoms with Crippen molar-refractivity contribution in [1.82, 2.24) is 4.90 Å². The highest BCUT2D eigenvalue weighted by Gasteiger charge is 2.13. The summed E-state index contributed by atoms with van der Waals surface area (Å²) in [4.78, 5) is 17.5. The average molecular weight is 245 g/mol. The number of rotatable bonds is 2. The Morgan fingerprint density at radius 3 is 3.00 bits per heavy atom. The summed E-state index contributed by atoms with van der Waals surface area (Å²) in [6.45, 7) is 2.29. The lowest BCUT2D eigenvalue weighted by Gasteiger charge is -2.19. The molecule has 0 radical (unpaired) electrons. The molecule has 0 aliphatic carbocycles. The second kappa shape index (κ2) is 5.35. The van der Waals surface area contributed by atoms with Crippen LogP contribution in [0.25, 0.3) is 0 Å². The Kier molecular flexibility index (Phi) is 3.62. The highest BCUT2D eigenvalue weighted by Crippen LogP contribution is 2.25. The lowest BCUT2D eigenvalue weighted by atomic mass is 10.2. The van der Waals surface area contributed by atoms with Crippen LogP contribution in [0.3, 0.4) is 0 Å². The van der Waals surface area contributed by atoms with Crippen molar-refractivity contribution >= 4 is 17.9 Å². The zero-order valence-electron chi connectivity index (χ0n) is 10.4. The van der Waals surface area contributed by atoms with Gasteiger partial charge in [-0.25, -0.2) is 4.79 Å². The van der Waals surface area contributed by atoms with E-state index in [1.807, 2.05) is 25.1 Å². The number of methoxy groups -OCH3 is 1. The number of ether oxygens (including phenoxy) is 1. The molecule has 1 aliphatic rings. The van der Waals surface area contributed by atoms with E-state index >= 15 is 0 Å². The molecular formula is C13H15N3O2. The smallest absolute Gasteiger partial charge is 0.327 e. The number of aliphatic imine (C=N–C) groups is 1. The molecule has 2 amide bonds. The fraction of sp³-hybridized carbons (Fsp3) is 0.231. The average Bonchev–Trinajstić information content (AvgIpc) is 2.40. The molecule has 0 atom stereocenters. The van der Waals surface area contributed by atoms with Gasteiger partial charge in [0.25, 0.3) is 0 Å². The summed E-state index contributed by atoms with van der Waals surface area (Å²) in [5, 5.41) is 2.81. The van der Waals surface area contributed by atoms with Gasteiger partial charge < -0.3 is 10.1 Å². The van der Waals surface area contributed by atoms with Crippen LogP contribution in [-0.4, -0.2) is 30.9 Å². The number of allylic oxidation sites excluding steroid dienone is 1. The molecule has 1 aliphatic heterocycles. The molecule has 0 fully saturated rings. The van der Waals surface area contributed by atoms with Crippen molar-refractivity contribution in [2.24, 2.45) is 4.99 Å². The van der Waals surface area contributed by atoms with E-state index in [1.165, 1.54) is 4.90 Å². The number of anilines is 1. The van der Waals surface area contributed by atoms with Crippen molar-refractivity contribution in [3.63, 3.8) is 0 Å². The van der Waals surface area contributed by atoms with Gasteiger partial charge in [0.15, 0.2) is 0 Å². The van der Waals surface area contributed by atoms with E-state index in [0.29, 0.717) is 18.1 Å². The summed E-state index contributed by atoms with van der Waals surface area (Å²) in [6.07, 6.45) is 5.07. The van der Waals surface area contributed by atoms with E-state index in [4.69, 9.17) is 4.74 Å². The van der Waals surface area contributed by atoms with Crippen LogP contribution in [0.5, 0.6) is 5.75 Å². The molecule has 0 saturated carbocycles. The molecule has 0 bridgehead atoms. The minimum absolute atomic E-state index is 0.230. The normalized spacial score (nSPS) is 13.6. The van der Waals surface area contributed by atoms with Crippen LogP contribution in [0.2, 0.25) is 0 Å². The number of carbonyl (C=O) groups excluding carboxylic acids is 1. The summed E-state index contributed by atoms with van der Waals surface area (Å²) >= 11 is 0. The minimum atomic E-state index is -0.230. The molecule has 1 N–H and O–H groups in total. The van der Waals surface area contributed by atoms with Gasteiger partial charge >= 0.3 is 6.03 Å². The molecule has 18 heavy (non-hydrogen) atoms. The van der Waals surface area contributed by atoms with Crippen molar-refractivity contribution in [1.29, 1.82) is 0 Å². The minimum Gasteiger partial charge on any atom is -0.495 e. The number of benzene rings is 1. The molecule has 5 nitrogen and oxygen atoms in total. The number of urea groups is 1. The third-order valence-corrected chi connectivity index (χ3v) is 2.55. The zero-order valence-corrected chi connectivity index (χ0v) is 10.4. The number of hydrogen-bond donors (Lipinski definition) is 1. The molecule has 5 heteroatoms. The second-order valence-electron chi connectivity index (χ2n) is 3.92. The lowest BCUT2D eigenvalue weighted by Crippen LogP contribution is -2.31. The van der Waals surface area contributed by atoms with Gasteiger partial charge in [0.1, 0.15) is 12.4 Å². The van der Waals surface area contributed by atoms with Crippen LogP contribution in [0, 0.1) is 6.92 Å². The maximum atomic E-state index is 12.0. The van der Waals surface area contributed by atoms with Gasteiger partial charge in [-0.05, 0) is 30.7 Å². The van der Waals surface area contributed by atoms with Gasteiger partial charge in [-0.2, -0.15) is 0 Å². The number of aryl methyl sites for hydroxylation is 1. The van der Waals surface area contributed by atoms with E-state index in [-0.39, 0.29) is 6.03 Å². The van der Waals surface area contributed by atoms with Gasteiger partial charge in [-0.3, -0.25) is 9.89 Å². The maximum absolute atomic E-state index is 12.0. The summed E-state index contributed by atoms with van der Waals surface area (Å²) in [5.41, 5.74) is 1.71. The Bertz CT molecular complexity index is 509. The lowest BCUT2D eigenvalue weighted by molar-refractivity contribution is 0.229. The largest absolute Gasteiger partial charge is 0.495 e. The summed E-state index contributed by atoms with van der Waals surface area (Å²) in [5.74, 6) is 0.637. The highest BCUT2D eigenvalue weighted by atomic mass is 16.5. The molecule has 1 heterocycles.